The maximum atomic E-state index is 11.0. The molecule has 2 N–H and O–H groups in total. The van der Waals surface area contributed by atoms with Crippen molar-refractivity contribution >= 4 is 11.9 Å². The number of hydrogen-bond acceptors (Lipinski definition) is 4. The van der Waals surface area contributed by atoms with Gasteiger partial charge in [0.15, 0.2) is 0 Å². The molecule has 0 radical (unpaired) electrons. The second-order valence-corrected chi connectivity index (χ2v) is 4.31. The third kappa shape index (κ3) is 2.51. The minimum atomic E-state index is -0.958. The fraction of sp³-hybridized carbons (Fsp3) is 0.385. The van der Waals surface area contributed by atoms with Gasteiger partial charge in [-0.3, -0.25) is 4.79 Å². The maximum absolute atomic E-state index is 11.0. The van der Waals surface area contributed by atoms with E-state index in [9.17, 15) is 9.59 Å². The molecule has 0 amide bonds. The van der Waals surface area contributed by atoms with Crippen LogP contribution in [0.2, 0.25) is 0 Å². The van der Waals surface area contributed by atoms with Crippen molar-refractivity contribution in [3.05, 3.63) is 35.4 Å². The van der Waals surface area contributed by atoms with E-state index < -0.39 is 11.9 Å². The number of esters is 1. The lowest BCUT2D eigenvalue weighted by atomic mass is 9.92. The summed E-state index contributed by atoms with van der Waals surface area (Å²) in [5.74, 6) is -1.74. The molecule has 1 aromatic rings. The largest absolute Gasteiger partial charge is 0.478 e. The summed E-state index contributed by atoms with van der Waals surface area (Å²) in [6.45, 7) is -0.196. The SMILES string of the molecule is O=C(O)c1cccc(CC[C@@H]2OC(=O)[C@H]2CO)c1. The molecule has 5 nitrogen and oxygen atoms in total. The number of hydrogen-bond donors (Lipinski definition) is 2. The zero-order chi connectivity index (χ0) is 13.1. The van der Waals surface area contributed by atoms with Crippen LogP contribution in [0.1, 0.15) is 22.3 Å². The number of carbonyl (C=O) groups is 2. The number of carbonyl (C=O) groups excluding carboxylic acids is 1. The summed E-state index contributed by atoms with van der Waals surface area (Å²) >= 11 is 0. The average Bonchev–Trinajstić information content (AvgIpc) is 2.35. The Morgan fingerprint density at radius 1 is 1.39 bits per heavy atom. The predicted molar refractivity (Wildman–Crippen MR) is 62.2 cm³/mol. The number of rotatable bonds is 5. The molecule has 0 aromatic heterocycles. The van der Waals surface area contributed by atoms with Crippen LogP contribution in [0.3, 0.4) is 0 Å². The molecule has 1 aliphatic rings. The Labute approximate surface area is 104 Å². The highest BCUT2D eigenvalue weighted by molar-refractivity contribution is 5.87. The van der Waals surface area contributed by atoms with Gasteiger partial charge in [-0.25, -0.2) is 4.79 Å². The lowest BCUT2D eigenvalue weighted by Crippen LogP contribution is -2.47. The van der Waals surface area contributed by atoms with Gasteiger partial charge in [0.05, 0.1) is 12.2 Å². The quantitative estimate of drug-likeness (QED) is 0.757. The van der Waals surface area contributed by atoms with Crippen LogP contribution in [0.4, 0.5) is 0 Å². The van der Waals surface area contributed by atoms with Crippen LogP contribution in [-0.2, 0) is 16.0 Å². The Bertz CT molecular complexity index is 468. The van der Waals surface area contributed by atoms with Crippen molar-refractivity contribution in [1.29, 1.82) is 0 Å². The summed E-state index contributed by atoms with van der Waals surface area (Å²) in [6.07, 6.45) is 0.964. The third-order valence-corrected chi connectivity index (χ3v) is 3.11. The number of carboxylic acid groups (broad SMARTS) is 1. The summed E-state index contributed by atoms with van der Waals surface area (Å²) in [7, 11) is 0. The highest BCUT2D eigenvalue weighted by atomic mass is 16.6. The van der Waals surface area contributed by atoms with Gasteiger partial charge in [0, 0.05) is 0 Å². The minimum absolute atomic E-state index is 0.196. The molecule has 0 bridgehead atoms. The highest BCUT2D eigenvalue weighted by Gasteiger charge is 2.41. The summed E-state index contributed by atoms with van der Waals surface area (Å²) in [6, 6.07) is 6.67. The van der Waals surface area contributed by atoms with E-state index in [2.05, 4.69) is 0 Å². The number of carboxylic acids is 1. The predicted octanol–water partition coefficient (Wildman–Crippen LogP) is 0.851. The van der Waals surface area contributed by atoms with E-state index in [4.69, 9.17) is 14.9 Å². The standard InChI is InChI=1S/C13H14O5/c14-7-10-11(18-13(10)17)5-4-8-2-1-3-9(6-8)12(15)16/h1-3,6,10-11,14H,4-5,7H2,(H,15,16)/t10-,11-/m0/s1. The first-order valence-electron chi connectivity index (χ1n) is 5.75. The molecule has 0 spiro atoms. The van der Waals surface area contributed by atoms with Crippen LogP contribution >= 0.6 is 0 Å². The first kappa shape index (κ1) is 12.6. The van der Waals surface area contributed by atoms with Crippen LogP contribution in [0.5, 0.6) is 0 Å². The van der Waals surface area contributed by atoms with Gasteiger partial charge in [0.1, 0.15) is 12.0 Å². The summed E-state index contributed by atoms with van der Waals surface area (Å²) in [5, 5.41) is 17.8. The molecule has 1 saturated heterocycles. The van der Waals surface area contributed by atoms with Gasteiger partial charge >= 0.3 is 11.9 Å². The van der Waals surface area contributed by atoms with Gasteiger partial charge in [0.2, 0.25) is 0 Å². The molecule has 1 aromatic carbocycles. The van der Waals surface area contributed by atoms with E-state index in [1.807, 2.05) is 6.07 Å². The van der Waals surface area contributed by atoms with Crippen molar-refractivity contribution in [2.75, 3.05) is 6.61 Å². The van der Waals surface area contributed by atoms with Crippen molar-refractivity contribution in [2.24, 2.45) is 5.92 Å². The van der Waals surface area contributed by atoms with Crippen LogP contribution in [0.15, 0.2) is 24.3 Å². The van der Waals surface area contributed by atoms with E-state index in [1.54, 1.807) is 12.1 Å². The third-order valence-electron chi connectivity index (χ3n) is 3.11. The number of aliphatic hydroxyl groups is 1. The summed E-state index contributed by atoms with van der Waals surface area (Å²) in [5.41, 5.74) is 1.13. The maximum Gasteiger partial charge on any atom is 0.335 e. The lowest BCUT2D eigenvalue weighted by molar-refractivity contribution is -0.188. The highest BCUT2D eigenvalue weighted by Crippen LogP contribution is 2.26. The van der Waals surface area contributed by atoms with Crippen LogP contribution in [-0.4, -0.2) is 34.9 Å². The Balaban J connectivity index is 1.92. The fourth-order valence-electron chi connectivity index (χ4n) is 2.02. The summed E-state index contributed by atoms with van der Waals surface area (Å²) in [4.78, 5) is 21.8. The smallest absolute Gasteiger partial charge is 0.335 e. The Morgan fingerprint density at radius 3 is 2.78 bits per heavy atom. The van der Waals surface area contributed by atoms with Crippen LogP contribution < -0.4 is 0 Å². The first-order valence-corrected chi connectivity index (χ1v) is 5.75. The molecular formula is C13H14O5. The van der Waals surface area contributed by atoms with Gasteiger partial charge in [-0.05, 0) is 30.5 Å². The zero-order valence-electron chi connectivity index (χ0n) is 9.70. The van der Waals surface area contributed by atoms with E-state index in [0.29, 0.717) is 12.8 Å². The summed E-state index contributed by atoms with van der Waals surface area (Å²) < 4.78 is 4.93. The Hall–Kier alpha value is -1.88. The fourth-order valence-corrected chi connectivity index (χ4v) is 2.02. The molecule has 1 fully saturated rings. The molecule has 5 heteroatoms. The molecule has 2 rings (SSSR count). The normalized spacial score (nSPS) is 22.2. The second-order valence-electron chi connectivity index (χ2n) is 4.31. The number of aryl methyl sites for hydroxylation is 1. The van der Waals surface area contributed by atoms with Crippen molar-refractivity contribution < 1.29 is 24.5 Å². The molecule has 0 aliphatic carbocycles. The average molecular weight is 250 g/mol. The van der Waals surface area contributed by atoms with Gasteiger partial charge in [-0.1, -0.05) is 12.1 Å². The van der Waals surface area contributed by atoms with Gasteiger partial charge in [-0.15, -0.1) is 0 Å². The van der Waals surface area contributed by atoms with E-state index >= 15 is 0 Å². The molecule has 1 heterocycles. The molecule has 18 heavy (non-hydrogen) atoms. The number of aromatic carboxylic acids is 1. The topological polar surface area (TPSA) is 83.8 Å². The monoisotopic (exact) mass is 250 g/mol. The molecule has 0 saturated carbocycles. The van der Waals surface area contributed by atoms with Crippen LogP contribution in [0, 0.1) is 5.92 Å². The lowest BCUT2D eigenvalue weighted by Gasteiger charge is -2.33. The van der Waals surface area contributed by atoms with Gasteiger partial charge in [0.25, 0.3) is 0 Å². The van der Waals surface area contributed by atoms with Gasteiger partial charge in [-0.2, -0.15) is 0 Å². The van der Waals surface area contributed by atoms with Crippen molar-refractivity contribution in [3.8, 4) is 0 Å². The Morgan fingerprint density at radius 2 is 2.17 bits per heavy atom. The molecule has 96 valence electrons. The molecule has 1 aliphatic heterocycles. The number of ether oxygens (including phenoxy) is 1. The number of aliphatic hydroxyl groups excluding tert-OH is 1. The zero-order valence-corrected chi connectivity index (χ0v) is 9.70. The van der Waals surface area contributed by atoms with Crippen molar-refractivity contribution in [2.45, 2.75) is 18.9 Å². The van der Waals surface area contributed by atoms with E-state index in [0.717, 1.165) is 5.56 Å². The second kappa shape index (κ2) is 5.18. The van der Waals surface area contributed by atoms with E-state index in [1.165, 1.54) is 6.07 Å². The van der Waals surface area contributed by atoms with Crippen molar-refractivity contribution in [3.63, 3.8) is 0 Å². The van der Waals surface area contributed by atoms with Crippen LogP contribution in [0.25, 0.3) is 0 Å². The molecular weight excluding hydrogens is 236 g/mol. The molecule has 0 unspecified atom stereocenters. The first-order chi connectivity index (χ1) is 8.61. The number of cyclic esters (lactones) is 1. The minimum Gasteiger partial charge on any atom is -0.478 e. The van der Waals surface area contributed by atoms with E-state index in [-0.39, 0.29) is 24.2 Å². The molecule has 2 atom stereocenters. The number of benzene rings is 1. The van der Waals surface area contributed by atoms with Gasteiger partial charge < -0.3 is 14.9 Å². The van der Waals surface area contributed by atoms with Crippen molar-refractivity contribution in [1.82, 2.24) is 0 Å². The Kier molecular flexibility index (Phi) is 3.62.